The summed E-state index contributed by atoms with van der Waals surface area (Å²) in [5.41, 5.74) is 0.979. The Kier molecular flexibility index (Phi) is 4.06. The van der Waals surface area contributed by atoms with Gasteiger partial charge in [-0.3, -0.25) is 0 Å². The van der Waals surface area contributed by atoms with Crippen LogP contribution in [0.2, 0.25) is 0 Å². The second kappa shape index (κ2) is 5.49. The topological polar surface area (TPSA) is 110 Å². The van der Waals surface area contributed by atoms with Crippen molar-refractivity contribution in [2.45, 2.75) is 18.7 Å². The number of anilines is 1. The number of aryl methyl sites for hydroxylation is 1. The molecule has 9 heteroatoms. The van der Waals surface area contributed by atoms with Crippen LogP contribution in [0.5, 0.6) is 0 Å². The van der Waals surface area contributed by atoms with Crippen molar-refractivity contribution >= 4 is 37.8 Å². The molecule has 7 nitrogen and oxygen atoms in total. The molecular weight excluding hydrogens is 364 g/mol. The lowest BCUT2D eigenvalue weighted by Gasteiger charge is -2.07. The predicted octanol–water partition coefficient (Wildman–Crippen LogP) is 2.55. The number of nitrogens with one attached hydrogen (secondary N) is 1. The molecule has 2 aromatic rings. The zero-order valence-corrected chi connectivity index (χ0v) is 13.4. The van der Waals surface area contributed by atoms with Crippen LogP contribution >= 0.6 is 15.9 Å². The first-order chi connectivity index (χ1) is 9.72. The first-order valence-corrected chi connectivity index (χ1v) is 7.98. The fourth-order valence-electron chi connectivity index (χ4n) is 1.53. The molecule has 2 N–H and O–H groups in total. The molecule has 1 heterocycles. The summed E-state index contributed by atoms with van der Waals surface area (Å²) in [5, 5.41) is 12.7. The molecule has 0 spiro atoms. The molecule has 0 atom stereocenters. The average Bonchev–Trinajstić information content (AvgIpc) is 2.70. The van der Waals surface area contributed by atoms with Crippen LogP contribution in [0.1, 0.15) is 21.6 Å². The number of sulfonamides is 1. The maximum atomic E-state index is 12.2. The third-order valence-electron chi connectivity index (χ3n) is 2.86. The SMILES string of the molecule is Cc1noc(NS(=O)(=O)c2ccc(Br)c(C(=O)O)c2)c1C. The number of aromatic carboxylic acids is 1. The van der Waals surface area contributed by atoms with Crippen LogP contribution < -0.4 is 4.72 Å². The van der Waals surface area contributed by atoms with E-state index in [-0.39, 0.29) is 16.3 Å². The van der Waals surface area contributed by atoms with Crippen molar-refractivity contribution in [3.05, 3.63) is 39.5 Å². The van der Waals surface area contributed by atoms with E-state index in [4.69, 9.17) is 9.63 Å². The minimum atomic E-state index is -3.96. The molecule has 0 radical (unpaired) electrons. The summed E-state index contributed by atoms with van der Waals surface area (Å²) in [4.78, 5) is 10.9. The second-order valence-corrected chi connectivity index (χ2v) is 6.81. The van der Waals surface area contributed by atoms with Crippen molar-refractivity contribution in [1.29, 1.82) is 0 Å². The third-order valence-corrected chi connectivity index (χ3v) is 4.88. The summed E-state index contributed by atoms with van der Waals surface area (Å²) in [6, 6.07) is 3.71. The summed E-state index contributed by atoms with van der Waals surface area (Å²) < 4.78 is 31.9. The molecular formula is C12H11BrN2O5S. The number of carboxylic acid groups (broad SMARTS) is 1. The molecule has 0 fully saturated rings. The lowest BCUT2D eigenvalue weighted by Crippen LogP contribution is -2.14. The van der Waals surface area contributed by atoms with Gasteiger partial charge in [0.1, 0.15) is 0 Å². The molecule has 0 aliphatic rings. The van der Waals surface area contributed by atoms with Crippen LogP contribution in [0.25, 0.3) is 0 Å². The fraction of sp³-hybridized carbons (Fsp3) is 0.167. The fourth-order valence-corrected chi connectivity index (χ4v) is 3.02. The number of hydrogen-bond donors (Lipinski definition) is 2. The van der Waals surface area contributed by atoms with E-state index in [0.29, 0.717) is 15.7 Å². The number of carbonyl (C=O) groups is 1. The Morgan fingerprint density at radius 2 is 2.05 bits per heavy atom. The number of aromatic nitrogens is 1. The molecule has 0 saturated carbocycles. The Morgan fingerprint density at radius 1 is 1.38 bits per heavy atom. The van der Waals surface area contributed by atoms with E-state index in [9.17, 15) is 13.2 Å². The Hall–Kier alpha value is -1.87. The van der Waals surface area contributed by atoms with E-state index in [1.165, 1.54) is 12.1 Å². The van der Waals surface area contributed by atoms with Crippen molar-refractivity contribution in [2.75, 3.05) is 4.72 Å². The van der Waals surface area contributed by atoms with Crippen molar-refractivity contribution < 1.29 is 22.8 Å². The number of nitrogens with zero attached hydrogens (tertiary/aromatic N) is 1. The Bertz CT molecular complexity index is 813. The summed E-state index contributed by atoms with van der Waals surface area (Å²) in [6.45, 7) is 3.34. The zero-order chi connectivity index (χ0) is 15.8. The molecule has 0 bridgehead atoms. The van der Waals surface area contributed by atoms with E-state index < -0.39 is 16.0 Å². The smallest absolute Gasteiger partial charge is 0.336 e. The number of rotatable bonds is 4. The molecule has 0 aliphatic carbocycles. The molecule has 0 unspecified atom stereocenters. The van der Waals surface area contributed by atoms with Gasteiger partial charge in [0.05, 0.1) is 16.2 Å². The Labute approximate surface area is 129 Å². The normalized spacial score (nSPS) is 11.4. The molecule has 1 aromatic heterocycles. The van der Waals surface area contributed by atoms with Gasteiger partial charge in [-0.15, -0.1) is 0 Å². The van der Waals surface area contributed by atoms with Gasteiger partial charge in [-0.05, 0) is 48.0 Å². The molecule has 21 heavy (non-hydrogen) atoms. The maximum Gasteiger partial charge on any atom is 0.336 e. The van der Waals surface area contributed by atoms with E-state index in [1.54, 1.807) is 13.8 Å². The second-order valence-electron chi connectivity index (χ2n) is 4.27. The van der Waals surface area contributed by atoms with Crippen LogP contribution in [0, 0.1) is 13.8 Å². The lowest BCUT2D eigenvalue weighted by molar-refractivity contribution is 0.0695. The summed E-state index contributed by atoms with van der Waals surface area (Å²) in [7, 11) is -3.96. The summed E-state index contributed by atoms with van der Waals surface area (Å²) in [6.07, 6.45) is 0. The third kappa shape index (κ3) is 3.08. The highest BCUT2D eigenvalue weighted by Crippen LogP contribution is 2.25. The van der Waals surface area contributed by atoms with Crippen LogP contribution in [0.15, 0.2) is 32.1 Å². The maximum absolute atomic E-state index is 12.2. The average molecular weight is 375 g/mol. The van der Waals surface area contributed by atoms with Crippen LogP contribution in [0.3, 0.4) is 0 Å². The van der Waals surface area contributed by atoms with Gasteiger partial charge in [0.15, 0.2) is 0 Å². The van der Waals surface area contributed by atoms with Crippen LogP contribution in [0.4, 0.5) is 5.88 Å². The van der Waals surface area contributed by atoms with Gasteiger partial charge < -0.3 is 9.63 Å². The van der Waals surface area contributed by atoms with Gasteiger partial charge in [-0.1, -0.05) is 5.16 Å². The Morgan fingerprint density at radius 3 is 2.57 bits per heavy atom. The molecule has 0 aliphatic heterocycles. The van der Waals surface area contributed by atoms with Crippen molar-refractivity contribution in [1.82, 2.24) is 5.16 Å². The minimum Gasteiger partial charge on any atom is -0.478 e. The van der Waals surface area contributed by atoms with Gasteiger partial charge in [-0.25, -0.2) is 17.9 Å². The van der Waals surface area contributed by atoms with Gasteiger partial charge in [0, 0.05) is 10.0 Å². The largest absolute Gasteiger partial charge is 0.478 e. The van der Waals surface area contributed by atoms with Crippen LogP contribution in [-0.2, 0) is 10.0 Å². The number of halogens is 1. The van der Waals surface area contributed by atoms with Crippen molar-refractivity contribution in [2.24, 2.45) is 0 Å². The molecule has 0 saturated heterocycles. The number of carboxylic acids is 1. The molecule has 112 valence electrons. The quantitative estimate of drug-likeness (QED) is 0.850. The first-order valence-electron chi connectivity index (χ1n) is 5.71. The molecule has 1 aromatic carbocycles. The number of hydrogen-bond acceptors (Lipinski definition) is 5. The lowest BCUT2D eigenvalue weighted by atomic mass is 10.2. The van der Waals surface area contributed by atoms with Crippen molar-refractivity contribution in [3.63, 3.8) is 0 Å². The Balaban J connectivity index is 2.43. The predicted molar refractivity (Wildman–Crippen MR) is 77.9 cm³/mol. The van der Waals surface area contributed by atoms with Gasteiger partial charge >= 0.3 is 5.97 Å². The van der Waals surface area contributed by atoms with E-state index in [0.717, 1.165) is 6.07 Å². The van der Waals surface area contributed by atoms with Crippen LogP contribution in [-0.4, -0.2) is 24.7 Å². The highest BCUT2D eigenvalue weighted by atomic mass is 79.9. The minimum absolute atomic E-state index is 0.00675. The first kappa shape index (κ1) is 15.5. The van der Waals surface area contributed by atoms with E-state index in [1.807, 2.05) is 0 Å². The standard InChI is InChI=1S/C12H11BrN2O5S/c1-6-7(2)14-20-11(6)15-21(18,19)8-3-4-10(13)9(5-8)12(16)17/h3-5,15H,1-2H3,(H,16,17). The molecule has 0 amide bonds. The van der Waals surface area contributed by atoms with Gasteiger partial charge in [0.2, 0.25) is 5.88 Å². The van der Waals surface area contributed by atoms with Gasteiger partial charge in [0.25, 0.3) is 10.0 Å². The van der Waals surface area contributed by atoms with E-state index >= 15 is 0 Å². The number of benzene rings is 1. The summed E-state index contributed by atoms with van der Waals surface area (Å²) in [5.74, 6) is -1.22. The van der Waals surface area contributed by atoms with Crippen molar-refractivity contribution in [3.8, 4) is 0 Å². The van der Waals surface area contributed by atoms with E-state index in [2.05, 4.69) is 25.8 Å². The molecule has 2 rings (SSSR count). The zero-order valence-electron chi connectivity index (χ0n) is 11.0. The highest BCUT2D eigenvalue weighted by molar-refractivity contribution is 9.10. The monoisotopic (exact) mass is 374 g/mol. The highest BCUT2D eigenvalue weighted by Gasteiger charge is 2.21. The van der Waals surface area contributed by atoms with Gasteiger partial charge in [-0.2, -0.15) is 0 Å². The summed E-state index contributed by atoms with van der Waals surface area (Å²) >= 11 is 3.05.